The molecule has 21 heavy (non-hydrogen) atoms. The molecule has 0 spiro atoms. The van der Waals surface area contributed by atoms with Gasteiger partial charge in [0.1, 0.15) is 0 Å². The molecule has 1 aromatic heterocycles. The maximum atomic E-state index is 12.3. The molecule has 118 valence electrons. The van der Waals surface area contributed by atoms with Crippen LogP contribution in [0.5, 0.6) is 0 Å². The lowest BCUT2D eigenvalue weighted by Crippen LogP contribution is -2.47. The van der Waals surface area contributed by atoms with Gasteiger partial charge in [0.05, 0.1) is 12.4 Å². The van der Waals surface area contributed by atoms with E-state index in [-0.39, 0.29) is 17.4 Å². The van der Waals surface area contributed by atoms with Crippen LogP contribution in [0.3, 0.4) is 0 Å². The Morgan fingerprint density at radius 3 is 2.71 bits per heavy atom. The second-order valence-electron chi connectivity index (χ2n) is 7.14. The minimum Gasteiger partial charge on any atom is -0.351 e. The van der Waals surface area contributed by atoms with Gasteiger partial charge in [-0.15, -0.1) is 0 Å². The van der Waals surface area contributed by atoms with Crippen LogP contribution in [0.4, 0.5) is 0 Å². The minimum absolute atomic E-state index is 0.0219. The zero-order valence-electron chi connectivity index (χ0n) is 13.4. The van der Waals surface area contributed by atoms with E-state index in [1.807, 2.05) is 10.8 Å². The monoisotopic (exact) mass is 292 g/mol. The predicted molar refractivity (Wildman–Crippen MR) is 83.8 cm³/mol. The number of amides is 1. The van der Waals surface area contributed by atoms with Crippen LogP contribution in [0.25, 0.3) is 0 Å². The fourth-order valence-electron chi connectivity index (χ4n) is 2.74. The van der Waals surface area contributed by atoms with Crippen molar-refractivity contribution in [2.75, 3.05) is 13.1 Å². The SMILES string of the molecule is CC(C)(C)C(Cn1ccnc1)NC(=O)CC1CCNCC1. The van der Waals surface area contributed by atoms with Crippen molar-refractivity contribution in [2.24, 2.45) is 11.3 Å². The fourth-order valence-corrected chi connectivity index (χ4v) is 2.74. The van der Waals surface area contributed by atoms with Crippen molar-refractivity contribution in [3.63, 3.8) is 0 Å². The molecule has 0 aromatic carbocycles. The number of imidazole rings is 1. The molecule has 1 atom stereocenters. The number of hydrogen-bond acceptors (Lipinski definition) is 3. The summed E-state index contributed by atoms with van der Waals surface area (Å²) in [5.41, 5.74) is 0.0219. The van der Waals surface area contributed by atoms with Gasteiger partial charge in [-0.1, -0.05) is 20.8 Å². The third-order valence-electron chi connectivity index (χ3n) is 4.27. The highest BCUT2D eigenvalue weighted by Crippen LogP contribution is 2.22. The third-order valence-corrected chi connectivity index (χ3v) is 4.27. The van der Waals surface area contributed by atoms with Crippen molar-refractivity contribution in [2.45, 2.75) is 52.6 Å². The molecule has 0 aliphatic carbocycles. The summed E-state index contributed by atoms with van der Waals surface area (Å²) in [6.07, 6.45) is 8.38. The summed E-state index contributed by atoms with van der Waals surface area (Å²) < 4.78 is 2.03. The van der Waals surface area contributed by atoms with Crippen LogP contribution in [-0.2, 0) is 11.3 Å². The van der Waals surface area contributed by atoms with Gasteiger partial charge in [-0.05, 0) is 37.3 Å². The van der Waals surface area contributed by atoms with E-state index in [9.17, 15) is 4.79 Å². The Labute approximate surface area is 127 Å². The van der Waals surface area contributed by atoms with Gasteiger partial charge in [-0.2, -0.15) is 0 Å². The van der Waals surface area contributed by atoms with Gasteiger partial charge in [0, 0.05) is 25.4 Å². The van der Waals surface area contributed by atoms with Gasteiger partial charge in [0.15, 0.2) is 0 Å². The lowest BCUT2D eigenvalue weighted by molar-refractivity contribution is -0.123. The number of rotatable bonds is 5. The Hall–Kier alpha value is -1.36. The van der Waals surface area contributed by atoms with E-state index in [2.05, 4.69) is 36.4 Å². The Balaban J connectivity index is 1.89. The lowest BCUT2D eigenvalue weighted by Gasteiger charge is -2.32. The highest BCUT2D eigenvalue weighted by Gasteiger charge is 2.27. The maximum Gasteiger partial charge on any atom is 0.220 e. The molecule has 2 N–H and O–H groups in total. The molecular weight excluding hydrogens is 264 g/mol. The summed E-state index contributed by atoms with van der Waals surface area (Å²) in [5.74, 6) is 0.710. The van der Waals surface area contributed by atoms with E-state index < -0.39 is 0 Å². The molecule has 1 aromatic rings. The Bertz CT molecular complexity index is 430. The van der Waals surface area contributed by atoms with Crippen molar-refractivity contribution in [3.8, 4) is 0 Å². The van der Waals surface area contributed by atoms with Crippen molar-refractivity contribution >= 4 is 5.91 Å². The van der Waals surface area contributed by atoms with E-state index in [1.165, 1.54) is 0 Å². The van der Waals surface area contributed by atoms with Crippen LogP contribution < -0.4 is 10.6 Å². The molecule has 1 amide bonds. The molecule has 0 saturated carbocycles. The molecule has 1 aliphatic rings. The first-order chi connectivity index (χ1) is 9.95. The number of nitrogens with zero attached hydrogens (tertiary/aromatic N) is 2. The van der Waals surface area contributed by atoms with E-state index in [0.717, 1.165) is 32.5 Å². The van der Waals surface area contributed by atoms with Crippen molar-refractivity contribution in [1.82, 2.24) is 20.2 Å². The van der Waals surface area contributed by atoms with Gasteiger partial charge in [-0.25, -0.2) is 4.98 Å². The van der Waals surface area contributed by atoms with Gasteiger partial charge < -0.3 is 15.2 Å². The molecule has 1 unspecified atom stereocenters. The summed E-state index contributed by atoms with van der Waals surface area (Å²) >= 11 is 0. The first-order valence-electron chi connectivity index (χ1n) is 7.91. The van der Waals surface area contributed by atoms with Gasteiger partial charge in [-0.3, -0.25) is 4.79 Å². The molecule has 1 aliphatic heterocycles. The van der Waals surface area contributed by atoms with Crippen LogP contribution in [-0.4, -0.2) is 34.6 Å². The highest BCUT2D eigenvalue weighted by atomic mass is 16.1. The molecule has 1 fully saturated rings. The van der Waals surface area contributed by atoms with Gasteiger partial charge in [0.25, 0.3) is 0 Å². The number of aromatic nitrogens is 2. The third kappa shape index (κ3) is 5.16. The largest absolute Gasteiger partial charge is 0.351 e. The van der Waals surface area contributed by atoms with Crippen molar-refractivity contribution in [3.05, 3.63) is 18.7 Å². The molecule has 2 rings (SSSR count). The summed E-state index contributed by atoms with van der Waals surface area (Å²) in [6.45, 7) is 9.34. The zero-order valence-corrected chi connectivity index (χ0v) is 13.4. The minimum atomic E-state index is 0.0219. The topological polar surface area (TPSA) is 59.0 Å². The highest BCUT2D eigenvalue weighted by molar-refractivity contribution is 5.76. The van der Waals surface area contributed by atoms with E-state index >= 15 is 0 Å². The lowest BCUT2D eigenvalue weighted by atomic mass is 9.86. The van der Waals surface area contributed by atoms with Crippen molar-refractivity contribution < 1.29 is 4.79 Å². The predicted octanol–water partition coefficient (Wildman–Crippen LogP) is 1.80. The maximum absolute atomic E-state index is 12.3. The summed E-state index contributed by atoms with van der Waals surface area (Å²) in [4.78, 5) is 16.4. The number of hydrogen-bond donors (Lipinski definition) is 2. The van der Waals surface area contributed by atoms with E-state index in [1.54, 1.807) is 12.5 Å². The van der Waals surface area contributed by atoms with E-state index in [0.29, 0.717) is 12.3 Å². The van der Waals surface area contributed by atoms with Gasteiger partial charge >= 0.3 is 0 Å². The first kappa shape index (κ1) is 16.0. The van der Waals surface area contributed by atoms with Crippen LogP contribution in [0.15, 0.2) is 18.7 Å². The quantitative estimate of drug-likeness (QED) is 0.870. The van der Waals surface area contributed by atoms with Crippen LogP contribution >= 0.6 is 0 Å². The average molecular weight is 292 g/mol. The molecule has 2 heterocycles. The fraction of sp³-hybridized carbons (Fsp3) is 0.750. The molecule has 0 bridgehead atoms. The number of nitrogens with one attached hydrogen (secondary N) is 2. The summed E-state index contributed by atoms with van der Waals surface area (Å²) in [7, 11) is 0. The number of carbonyl (C=O) groups excluding carboxylic acids is 1. The number of piperidine rings is 1. The van der Waals surface area contributed by atoms with Crippen LogP contribution in [0.2, 0.25) is 0 Å². The van der Waals surface area contributed by atoms with Gasteiger partial charge in [0.2, 0.25) is 5.91 Å². The smallest absolute Gasteiger partial charge is 0.220 e. The molecular formula is C16H28N4O. The van der Waals surface area contributed by atoms with Crippen molar-refractivity contribution in [1.29, 1.82) is 0 Å². The van der Waals surface area contributed by atoms with Crippen LogP contribution in [0.1, 0.15) is 40.0 Å². The standard InChI is InChI=1S/C16H28N4O/c1-16(2,3)14(11-20-9-8-18-12-20)19-15(21)10-13-4-6-17-7-5-13/h8-9,12-14,17H,4-7,10-11H2,1-3H3,(H,19,21). The Morgan fingerprint density at radius 1 is 1.43 bits per heavy atom. The zero-order chi connectivity index (χ0) is 15.3. The molecule has 0 radical (unpaired) electrons. The Morgan fingerprint density at radius 2 is 2.14 bits per heavy atom. The first-order valence-corrected chi connectivity index (χ1v) is 7.91. The normalized spacial score (nSPS) is 18.4. The number of carbonyl (C=O) groups is 1. The molecule has 1 saturated heterocycles. The average Bonchev–Trinajstić information content (AvgIpc) is 2.91. The second kappa shape index (κ2) is 7.07. The summed E-state index contributed by atoms with van der Waals surface area (Å²) in [5, 5.41) is 6.58. The Kier molecular flexibility index (Phi) is 5.39. The van der Waals surface area contributed by atoms with E-state index in [4.69, 9.17) is 0 Å². The molecule has 5 heteroatoms. The van der Waals surface area contributed by atoms with Crippen LogP contribution in [0, 0.1) is 11.3 Å². The second-order valence-corrected chi connectivity index (χ2v) is 7.14. The summed E-state index contributed by atoms with van der Waals surface area (Å²) in [6, 6.07) is 0.112. The molecule has 5 nitrogen and oxygen atoms in total.